The number of anilines is 1. The number of fused-ring (bicyclic) bond motifs is 1. The average Bonchev–Trinajstić information content (AvgIpc) is 3.42. The Labute approximate surface area is 196 Å². The Bertz CT molecular complexity index is 1290. The van der Waals surface area contributed by atoms with Crippen LogP contribution in [0.2, 0.25) is 5.02 Å². The summed E-state index contributed by atoms with van der Waals surface area (Å²) in [5, 5.41) is 16.6. The summed E-state index contributed by atoms with van der Waals surface area (Å²) in [6.07, 6.45) is 6.04. The molecule has 2 aromatic carbocycles. The van der Waals surface area contributed by atoms with Crippen molar-refractivity contribution in [2.75, 3.05) is 12.4 Å². The summed E-state index contributed by atoms with van der Waals surface area (Å²) >= 11 is 6.50. The minimum absolute atomic E-state index is 0.304. The van der Waals surface area contributed by atoms with Gasteiger partial charge in [0.05, 0.1) is 17.8 Å². The molecule has 9 heteroatoms. The number of rotatable bonds is 5. The summed E-state index contributed by atoms with van der Waals surface area (Å²) in [4.78, 5) is 12.8. The van der Waals surface area contributed by atoms with Crippen molar-refractivity contribution in [3.8, 4) is 22.8 Å². The van der Waals surface area contributed by atoms with Crippen LogP contribution in [0.15, 0.2) is 54.7 Å². The molecule has 3 heterocycles. The van der Waals surface area contributed by atoms with Crippen molar-refractivity contribution in [3.63, 3.8) is 0 Å². The lowest BCUT2D eigenvalue weighted by molar-refractivity contribution is 0.102. The van der Waals surface area contributed by atoms with Crippen molar-refractivity contribution < 1.29 is 9.53 Å². The van der Waals surface area contributed by atoms with Crippen LogP contribution in [0.25, 0.3) is 17.1 Å². The van der Waals surface area contributed by atoms with E-state index in [1.807, 2.05) is 30.3 Å². The van der Waals surface area contributed by atoms with E-state index in [9.17, 15) is 4.79 Å². The predicted molar refractivity (Wildman–Crippen MR) is 126 cm³/mol. The molecule has 5 rings (SSSR count). The van der Waals surface area contributed by atoms with E-state index in [1.54, 1.807) is 36.2 Å². The van der Waals surface area contributed by atoms with Gasteiger partial charge in [-0.15, -0.1) is 10.2 Å². The maximum atomic E-state index is 12.8. The Hall–Kier alpha value is -3.65. The van der Waals surface area contributed by atoms with E-state index in [0.717, 1.165) is 54.5 Å². The molecule has 0 bridgehead atoms. The van der Waals surface area contributed by atoms with Crippen molar-refractivity contribution in [2.45, 2.75) is 32.2 Å². The van der Waals surface area contributed by atoms with Crippen LogP contribution in [0.1, 0.15) is 35.6 Å². The van der Waals surface area contributed by atoms with Crippen molar-refractivity contribution >= 4 is 23.2 Å². The van der Waals surface area contributed by atoms with E-state index in [4.69, 9.17) is 16.3 Å². The number of nitrogens with zero attached hydrogens (tertiary/aromatic N) is 5. The molecule has 1 N–H and O–H groups in total. The highest BCUT2D eigenvalue weighted by atomic mass is 35.5. The first-order valence-corrected chi connectivity index (χ1v) is 11.2. The molecule has 1 aliphatic heterocycles. The van der Waals surface area contributed by atoms with Crippen LogP contribution in [0, 0.1) is 0 Å². The monoisotopic (exact) mass is 462 g/mol. The summed E-state index contributed by atoms with van der Waals surface area (Å²) in [6, 6.07) is 14.5. The molecule has 0 saturated carbocycles. The van der Waals surface area contributed by atoms with Crippen LogP contribution in [-0.2, 0) is 13.0 Å². The number of halogens is 1. The SMILES string of the molecule is COc1ccc(-n2ccc(C(=O)Nc3ccc(Cl)c(-c4nnc5n4CCCCC5)c3)n2)cc1. The van der Waals surface area contributed by atoms with Gasteiger partial charge in [-0.05, 0) is 61.4 Å². The molecule has 0 aliphatic carbocycles. The van der Waals surface area contributed by atoms with Gasteiger partial charge >= 0.3 is 0 Å². The van der Waals surface area contributed by atoms with Crippen LogP contribution < -0.4 is 10.1 Å². The smallest absolute Gasteiger partial charge is 0.276 e. The molecule has 0 saturated heterocycles. The van der Waals surface area contributed by atoms with E-state index in [1.165, 1.54) is 6.42 Å². The third-order valence-corrected chi connectivity index (χ3v) is 6.06. The van der Waals surface area contributed by atoms with E-state index in [0.29, 0.717) is 16.4 Å². The topological polar surface area (TPSA) is 86.9 Å². The second kappa shape index (κ2) is 9.07. The minimum Gasteiger partial charge on any atom is -0.497 e. The van der Waals surface area contributed by atoms with Crippen LogP contribution in [0.5, 0.6) is 5.75 Å². The zero-order valence-electron chi connectivity index (χ0n) is 18.2. The fourth-order valence-corrected chi connectivity index (χ4v) is 4.18. The number of amides is 1. The fraction of sp³-hybridized carbons (Fsp3) is 0.250. The van der Waals surface area contributed by atoms with Crippen molar-refractivity contribution in [2.24, 2.45) is 0 Å². The normalized spacial score (nSPS) is 13.3. The van der Waals surface area contributed by atoms with Crippen molar-refractivity contribution in [1.82, 2.24) is 24.5 Å². The van der Waals surface area contributed by atoms with Gasteiger partial charge in [-0.2, -0.15) is 5.10 Å². The number of hydrogen-bond acceptors (Lipinski definition) is 5. The van der Waals surface area contributed by atoms with Gasteiger partial charge in [0.15, 0.2) is 11.5 Å². The second-order valence-corrected chi connectivity index (χ2v) is 8.30. The van der Waals surface area contributed by atoms with Gasteiger partial charge in [0.2, 0.25) is 0 Å². The Kier molecular flexibility index (Phi) is 5.83. The summed E-state index contributed by atoms with van der Waals surface area (Å²) in [7, 11) is 1.62. The molecule has 33 heavy (non-hydrogen) atoms. The zero-order chi connectivity index (χ0) is 22.8. The number of benzene rings is 2. The minimum atomic E-state index is -0.310. The third-order valence-electron chi connectivity index (χ3n) is 5.73. The number of nitrogens with one attached hydrogen (secondary N) is 1. The summed E-state index contributed by atoms with van der Waals surface area (Å²) in [5.41, 5.74) is 2.50. The number of carbonyl (C=O) groups excluding carboxylic acids is 1. The summed E-state index contributed by atoms with van der Waals surface area (Å²) in [6.45, 7) is 0.868. The lowest BCUT2D eigenvalue weighted by Crippen LogP contribution is -2.13. The molecular formula is C24H23ClN6O2. The largest absolute Gasteiger partial charge is 0.497 e. The molecule has 0 radical (unpaired) electrons. The Balaban J connectivity index is 1.37. The molecular weight excluding hydrogens is 440 g/mol. The van der Waals surface area contributed by atoms with Crippen LogP contribution in [0.4, 0.5) is 5.69 Å². The second-order valence-electron chi connectivity index (χ2n) is 7.89. The van der Waals surface area contributed by atoms with Crippen LogP contribution >= 0.6 is 11.6 Å². The molecule has 8 nitrogen and oxygen atoms in total. The lowest BCUT2D eigenvalue weighted by atomic mass is 10.1. The molecule has 0 fully saturated rings. The summed E-state index contributed by atoms with van der Waals surface area (Å²) < 4.78 is 8.96. The van der Waals surface area contributed by atoms with Gasteiger partial charge < -0.3 is 14.6 Å². The van der Waals surface area contributed by atoms with Gasteiger partial charge in [-0.25, -0.2) is 4.68 Å². The zero-order valence-corrected chi connectivity index (χ0v) is 18.9. The highest BCUT2D eigenvalue weighted by molar-refractivity contribution is 6.33. The van der Waals surface area contributed by atoms with E-state index in [-0.39, 0.29) is 5.91 Å². The van der Waals surface area contributed by atoms with Crippen LogP contribution in [-0.4, -0.2) is 37.6 Å². The average molecular weight is 463 g/mol. The maximum Gasteiger partial charge on any atom is 0.276 e. The number of aromatic nitrogens is 5. The van der Waals surface area contributed by atoms with E-state index in [2.05, 4.69) is 25.2 Å². The molecule has 168 valence electrons. The highest BCUT2D eigenvalue weighted by Crippen LogP contribution is 2.31. The number of carbonyl (C=O) groups is 1. The first-order chi connectivity index (χ1) is 16.1. The van der Waals surface area contributed by atoms with Crippen molar-refractivity contribution in [3.05, 3.63) is 71.3 Å². The van der Waals surface area contributed by atoms with Gasteiger partial charge in [0.1, 0.15) is 11.6 Å². The molecule has 0 unspecified atom stereocenters. The van der Waals surface area contributed by atoms with Gasteiger partial charge in [-0.3, -0.25) is 4.79 Å². The van der Waals surface area contributed by atoms with Gasteiger partial charge in [0.25, 0.3) is 5.91 Å². The fourth-order valence-electron chi connectivity index (χ4n) is 3.98. The van der Waals surface area contributed by atoms with Crippen molar-refractivity contribution in [1.29, 1.82) is 0 Å². The molecule has 0 spiro atoms. The van der Waals surface area contributed by atoms with Gasteiger partial charge in [-0.1, -0.05) is 18.0 Å². The molecule has 0 atom stereocenters. The van der Waals surface area contributed by atoms with Crippen LogP contribution in [0.3, 0.4) is 0 Å². The molecule has 1 amide bonds. The Morgan fingerprint density at radius 2 is 1.91 bits per heavy atom. The first-order valence-electron chi connectivity index (χ1n) is 10.9. The van der Waals surface area contributed by atoms with Gasteiger partial charge in [0, 0.05) is 30.4 Å². The molecule has 2 aromatic heterocycles. The molecule has 1 aliphatic rings. The number of hydrogen-bond donors (Lipinski definition) is 1. The summed E-state index contributed by atoms with van der Waals surface area (Å²) in [5.74, 6) is 2.16. The van der Waals surface area contributed by atoms with E-state index >= 15 is 0 Å². The molecule has 4 aromatic rings. The number of aryl methyl sites for hydroxylation is 1. The number of ether oxygens (including phenoxy) is 1. The Morgan fingerprint density at radius 1 is 1.06 bits per heavy atom. The standard InChI is InChI=1S/C24H23ClN6O2/c1-33-18-9-7-17(8-10-18)31-14-12-21(29-31)24(32)26-16-6-11-20(25)19(15-16)23-28-27-22-5-3-2-4-13-30(22)23/h6-12,14-15H,2-5,13H2,1H3,(H,26,32). The third kappa shape index (κ3) is 4.34. The first kappa shape index (κ1) is 21.2. The predicted octanol–water partition coefficient (Wildman–Crippen LogP) is 4.77. The highest BCUT2D eigenvalue weighted by Gasteiger charge is 2.19. The quantitative estimate of drug-likeness (QED) is 0.461. The van der Waals surface area contributed by atoms with E-state index < -0.39 is 0 Å². The maximum absolute atomic E-state index is 12.8. The number of methoxy groups -OCH3 is 1. The Morgan fingerprint density at radius 3 is 2.73 bits per heavy atom. The lowest BCUT2D eigenvalue weighted by Gasteiger charge is -2.11.